The summed E-state index contributed by atoms with van der Waals surface area (Å²) in [4.78, 5) is 0. The number of alkyl halides is 3. The van der Waals surface area contributed by atoms with Gasteiger partial charge in [-0.1, -0.05) is 54.6 Å². The molecule has 3 aromatic rings. The Morgan fingerprint density at radius 1 is 0.769 bits per heavy atom. The second-order valence-electron chi connectivity index (χ2n) is 6.92. The molecule has 3 rings (SSSR count). The van der Waals surface area contributed by atoms with Crippen LogP contribution in [0.5, 0.6) is 0 Å². The van der Waals surface area contributed by atoms with Crippen LogP contribution >= 0.6 is 0 Å². The summed E-state index contributed by atoms with van der Waals surface area (Å²) < 4.78 is 39.8. The van der Waals surface area contributed by atoms with Crippen molar-refractivity contribution in [2.75, 3.05) is 14.1 Å². The molecule has 0 heterocycles. The molecule has 26 heavy (non-hydrogen) atoms. The molecule has 3 aromatic carbocycles. The number of rotatable bonds is 4. The molecule has 0 bridgehead atoms. The SMILES string of the molecule is C[N+](C)(Cc1ccccc1)c1ccccc1-c1cccc(C(F)(F)F)c1. The largest absolute Gasteiger partial charge is 0.416 e. The van der Waals surface area contributed by atoms with Gasteiger partial charge in [0.05, 0.1) is 19.7 Å². The summed E-state index contributed by atoms with van der Waals surface area (Å²) in [6, 6.07) is 23.3. The summed E-state index contributed by atoms with van der Waals surface area (Å²) in [5.41, 5.74) is 2.93. The van der Waals surface area contributed by atoms with Gasteiger partial charge in [-0.25, -0.2) is 0 Å². The summed E-state index contributed by atoms with van der Waals surface area (Å²) in [6.07, 6.45) is -4.35. The highest BCUT2D eigenvalue weighted by molar-refractivity contribution is 5.77. The molecule has 0 saturated carbocycles. The third-order valence-electron chi connectivity index (χ3n) is 4.48. The van der Waals surface area contributed by atoms with Crippen LogP contribution in [-0.4, -0.2) is 14.1 Å². The quantitative estimate of drug-likeness (QED) is 0.493. The maximum absolute atomic E-state index is 13.1. The Morgan fingerprint density at radius 3 is 2.12 bits per heavy atom. The first-order valence-electron chi connectivity index (χ1n) is 8.41. The van der Waals surface area contributed by atoms with Crippen molar-refractivity contribution in [3.63, 3.8) is 0 Å². The number of hydrogen-bond donors (Lipinski definition) is 0. The van der Waals surface area contributed by atoms with Gasteiger partial charge in [-0.15, -0.1) is 0 Å². The predicted molar refractivity (Wildman–Crippen MR) is 101 cm³/mol. The topological polar surface area (TPSA) is 0 Å². The molecule has 0 saturated heterocycles. The van der Waals surface area contributed by atoms with Gasteiger partial charge in [0.15, 0.2) is 0 Å². The predicted octanol–water partition coefficient (Wildman–Crippen LogP) is 6.14. The van der Waals surface area contributed by atoms with Gasteiger partial charge in [0.2, 0.25) is 0 Å². The monoisotopic (exact) mass is 356 g/mol. The number of benzene rings is 3. The minimum absolute atomic E-state index is 0.538. The van der Waals surface area contributed by atoms with E-state index in [1.165, 1.54) is 17.7 Å². The molecule has 0 aromatic heterocycles. The van der Waals surface area contributed by atoms with Crippen molar-refractivity contribution in [2.24, 2.45) is 0 Å². The Bertz CT molecular complexity index is 883. The Hall–Kier alpha value is -2.59. The lowest BCUT2D eigenvalue weighted by molar-refractivity contribution is -0.137. The fraction of sp³-hybridized carbons (Fsp3) is 0.182. The molecule has 0 radical (unpaired) electrons. The van der Waals surface area contributed by atoms with Crippen molar-refractivity contribution in [3.8, 4) is 11.1 Å². The van der Waals surface area contributed by atoms with Crippen molar-refractivity contribution in [2.45, 2.75) is 12.7 Å². The Kier molecular flexibility index (Phi) is 4.88. The van der Waals surface area contributed by atoms with Gasteiger partial charge in [0.25, 0.3) is 0 Å². The molecule has 0 spiro atoms. The van der Waals surface area contributed by atoms with E-state index in [1.807, 2.05) is 42.5 Å². The smallest absolute Gasteiger partial charge is 0.292 e. The summed E-state index contributed by atoms with van der Waals surface area (Å²) in [5.74, 6) is 0. The Morgan fingerprint density at radius 2 is 1.42 bits per heavy atom. The molecule has 134 valence electrons. The first-order chi connectivity index (χ1) is 12.3. The van der Waals surface area contributed by atoms with Crippen LogP contribution in [0.15, 0.2) is 78.9 Å². The van der Waals surface area contributed by atoms with E-state index in [9.17, 15) is 13.2 Å². The van der Waals surface area contributed by atoms with Crippen LogP contribution in [0.4, 0.5) is 18.9 Å². The Labute approximate surface area is 151 Å². The molecule has 0 aliphatic rings. The second kappa shape index (κ2) is 6.96. The normalized spacial score (nSPS) is 12.2. The van der Waals surface area contributed by atoms with Crippen LogP contribution < -0.4 is 4.48 Å². The lowest BCUT2D eigenvalue weighted by Gasteiger charge is -2.31. The highest BCUT2D eigenvalue weighted by Gasteiger charge is 2.31. The van der Waals surface area contributed by atoms with E-state index < -0.39 is 11.7 Å². The zero-order valence-electron chi connectivity index (χ0n) is 14.8. The molecule has 0 N–H and O–H groups in total. The highest BCUT2D eigenvalue weighted by atomic mass is 19.4. The number of quaternary nitrogens is 1. The van der Waals surface area contributed by atoms with Crippen molar-refractivity contribution in [3.05, 3.63) is 90.0 Å². The molecule has 0 aliphatic heterocycles. The van der Waals surface area contributed by atoms with Gasteiger partial charge in [-0.3, -0.25) is 4.48 Å². The molecule has 0 unspecified atom stereocenters. The summed E-state index contributed by atoms with van der Waals surface area (Å²) in [7, 11) is 4.14. The van der Waals surface area contributed by atoms with E-state index in [1.54, 1.807) is 6.07 Å². The first-order valence-corrected chi connectivity index (χ1v) is 8.41. The van der Waals surface area contributed by atoms with Crippen LogP contribution in [0.25, 0.3) is 11.1 Å². The first kappa shape index (κ1) is 18.2. The minimum Gasteiger partial charge on any atom is -0.292 e. The third kappa shape index (κ3) is 3.97. The van der Waals surface area contributed by atoms with Gasteiger partial charge in [0, 0.05) is 11.1 Å². The third-order valence-corrected chi connectivity index (χ3v) is 4.48. The maximum Gasteiger partial charge on any atom is 0.416 e. The molecule has 0 atom stereocenters. The van der Waals surface area contributed by atoms with E-state index in [4.69, 9.17) is 0 Å². The maximum atomic E-state index is 13.1. The average molecular weight is 356 g/mol. The number of para-hydroxylation sites is 1. The van der Waals surface area contributed by atoms with Gasteiger partial charge in [0.1, 0.15) is 12.2 Å². The lowest BCUT2D eigenvalue weighted by atomic mass is 9.99. The molecule has 1 nitrogen and oxygen atoms in total. The molecule has 4 heteroatoms. The van der Waals surface area contributed by atoms with Gasteiger partial charge >= 0.3 is 6.18 Å². The average Bonchev–Trinajstić information content (AvgIpc) is 2.62. The van der Waals surface area contributed by atoms with Gasteiger partial charge in [-0.2, -0.15) is 13.2 Å². The van der Waals surface area contributed by atoms with Crippen LogP contribution in [0.2, 0.25) is 0 Å². The van der Waals surface area contributed by atoms with E-state index in [0.29, 0.717) is 10.0 Å². The second-order valence-corrected chi connectivity index (χ2v) is 6.92. The Balaban J connectivity index is 2.04. The number of hydrogen-bond acceptors (Lipinski definition) is 0. The van der Waals surface area contributed by atoms with Crippen molar-refractivity contribution in [1.82, 2.24) is 4.48 Å². The summed E-state index contributed by atoms with van der Waals surface area (Å²) >= 11 is 0. The van der Waals surface area contributed by atoms with Crippen LogP contribution in [-0.2, 0) is 12.7 Å². The molecule has 0 fully saturated rings. The van der Waals surface area contributed by atoms with Crippen molar-refractivity contribution >= 4 is 5.69 Å². The van der Waals surface area contributed by atoms with E-state index in [2.05, 4.69) is 26.2 Å². The fourth-order valence-electron chi connectivity index (χ4n) is 3.23. The number of halogens is 3. The van der Waals surface area contributed by atoms with E-state index >= 15 is 0 Å². The van der Waals surface area contributed by atoms with E-state index in [0.717, 1.165) is 23.9 Å². The van der Waals surface area contributed by atoms with Gasteiger partial charge in [-0.05, 0) is 29.8 Å². The highest BCUT2D eigenvalue weighted by Crippen LogP contribution is 2.37. The summed E-state index contributed by atoms with van der Waals surface area (Å²) in [5, 5.41) is 0. The van der Waals surface area contributed by atoms with Gasteiger partial charge < -0.3 is 0 Å². The molecule has 0 aliphatic carbocycles. The van der Waals surface area contributed by atoms with Crippen LogP contribution in [0.1, 0.15) is 11.1 Å². The van der Waals surface area contributed by atoms with Crippen molar-refractivity contribution < 1.29 is 13.2 Å². The standard InChI is InChI=1S/C22H21F3N/c1-26(2,16-17-9-4-3-5-10-17)21-14-7-6-13-20(21)18-11-8-12-19(15-18)22(23,24)25/h3-15H,16H2,1-2H3/q+1. The zero-order chi connectivity index (χ0) is 18.8. The molecule has 0 amide bonds. The molecular weight excluding hydrogens is 335 g/mol. The van der Waals surface area contributed by atoms with Crippen LogP contribution in [0, 0.1) is 0 Å². The zero-order valence-corrected chi connectivity index (χ0v) is 14.8. The fourth-order valence-corrected chi connectivity index (χ4v) is 3.23. The van der Waals surface area contributed by atoms with Crippen molar-refractivity contribution in [1.29, 1.82) is 0 Å². The molecular formula is C22H21F3N+. The van der Waals surface area contributed by atoms with E-state index in [-0.39, 0.29) is 0 Å². The summed E-state index contributed by atoms with van der Waals surface area (Å²) in [6.45, 7) is 0.747. The minimum atomic E-state index is -4.35. The lowest BCUT2D eigenvalue weighted by Crippen LogP contribution is -2.39. The van der Waals surface area contributed by atoms with Crippen LogP contribution in [0.3, 0.4) is 0 Å². The number of nitrogens with zero attached hydrogens (tertiary/aromatic N) is 1.